The Labute approximate surface area is 116 Å². The molecule has 3 aliphatic rings. The lowest BCUT2D eigenvalue weighted by Crippen LogP contribution is -2.40. The van der Waals surface area contributed by atoms with Crippen molar-refractivity contribution < 1.29 is 4.43 Å². The van der Waals surface area contributed by atoms with Crippen molar-refractivity contribution in [1.29, 1.82) is 0 Å². The molecular formula is C16H30OSi. The van der Waals surface area contributed by atoms with Gasteiger partial charge in [-0.3, -0.25) is 0 Å². The van der Waals surface area contributed by atoms with Crippen LogP contribution in [0.25, 0.3) is 0 Å². The largest absolute Gasteiger partial charge is 0.427 e. The van der Waals surface area contributed by atoms with Crippen LogP contribution in [0.5, 0.6) is 0 Å². The third kappa shape index (κ3) is 2.20. The van der Waals surface area contributed by atoms with Gasteiger partial charge in [-0.15, -0.1) is 0 Å². The average molecular weight is 267 g/mol. The molecule has 0 radical (unpaired) electrons. The molecule has 104 valence electrons. The van der Waals surface area contributed by atoms with Gasteiger partial charge in [-0.25, -0.2) is 0 Å². The molecule has 0 bridgehead atoms. The zero-order chi connectivity index (χ0) is 12.4. The van der Waals surface area contributed by atoms with E-state index < -0.39 is 0 Å². The van der Waals surface area contributed by atoms with E-state index in [1.54, 1.807) is 0 Å². The van der Waals surface area contributed by atoms with E-state index in [4.69, 9.17) is 4.43 Å². The molecule has 2 atom stereocenters. The minimum atomic E-state index is 0.618. The zero-order valence-electron chi connectivity index (χ0n) is 12.1. The van der Waals surface area contributed by atoms with Crippen molar-refractivity contribution >= 4 is 10.5 Å². The van der Waals surface area contributed by atoms with Gasteiger partial charge in [0.25, 0.3) is 0 Å². The number of hydrogen-bond donors (Lipinski definition) is 0. The Morgan fingerprint density at radius 2 is 1.56 bits per heavy atom. The van der Waals surface area contributed by atoms with Crippen LogP contribution in [-0.2, 0) is 4.43 Å². The maximum atomic E-state index is 5.87. The molecule has 0 aromatic rings. The average Bonchev–Trinajstić information content (AvgIpc) is 3.11. The molecule has 3 rings (SSSR count). The van der Waals surface area contributed by atoms with Gasteiger partial charge in [-0.05, 0) is 48.9 Å². The topological polar surface area (TPSA) is 9.23 Å². The SMILES string of the molecule is [SiH3]OCC1(C2CCCC2)CCCC1C1CCCC1. The highest BCUT2D eigenvalue weighted by Crippen LogP contribution is 2.58. The van der Waals surface area contributed by atoms with Crippen LogP contribution < -0.4 is 0 Å². The molecular weight excluding hydrogens is 236 g/mol. The first kappa shape index (κ1) is 13.2. The third-order valence-corrected chi connectivity index (χ3v) is 6.73. The van der Waals surface area contributed by atoms with Gasteiger partial charge < -0.3 is 4.43 Å². The molecule has 3 saturated carbocycles. The van der Waals surface area contributed by atoms with Crippen LogP contribution in [0.1, 0.15) is 70.6 Å². The van der Waals surface area contributed by atoms with Crippen LogP contribution in [0, 0.1) is 23.2 Å². The molecule has 0 N–H and O–H groups in total. The fourth-order valence-corrected chi connectivity index (χ4v) is 6.30. The molecule has 0 aliphatic heterocycles. The van der Waals surface area contributed by atoms with Gasteiger partial charge in [-0.2, -0.15) is 0 Å². The predicted molar refractivity (Wildman–Crippen MR) is 79.6 cm³/mol. The summed E-state index contributed by atoms with van der Waals surface area (Å²) in [5.74, 6) is 3.10. The molecule has 0 spiro atoms. The maximum absolute atomic E-state index is 5.87. The second-order valence-corrected chi connectivity index (χ2v) is 7.77. The van der Waals surface area contributed by atoms with E-state index in [0.29, 0.717) is 5.41 Å². The summed E-state index contributed by atoms with van der Waals surface area (Å²) in [5.41, 5.74) is 0.618. The van der Waals surface area contributed by atoms with Crippen molar-refractivity contribution in [2.24, 2.45) is 23.2 Å². The van der Waals surface area contributed by atoms with Crippen molar-refractivity contribution in [1.82, 2.24) is 0 Å². The maximum Gasteiger partial charge on any atom is 0.145 e. The first-order valence-corrected chi connectivity index (χ1v) is 9.17. The van der Waals surface area contributed by atoms with Crippen LogP contribution >= 0.6 is 0 Å². The Morgan fingerprint density at radius 3 is 2.22 bits per heavy atom. The summed E-state index contributed by atoms with van der Waals surface area (Å²) >= 11 is 0. The van der Waals surface area contributed by atoms with Crippen LogP contribution in [0.3, 0.4) is 0 Å². The highest BCUT2D eigenvalue weighted by molar-refractivity contribution is 5.97. The zero-order valence-corrected chi connectivity index (χ0v) is 14.1. The highest BCUT2D eigenvalue weighted by Gasteiger charge is 2.51. The summed E-state index contributed by atoms with van der Waals surface area (Å²) in [5, 5.41) is 0. The van der Waals surface area contributed by atoms with E-state index in [2.05, 4.69) is 0 Å². The molecule has 0 saturated heterocycles. The summed E-state index contributed by atoms with van der Waals surface area (Å²) < 4.78 is 5.87. The molecule has 2 unspecified atom stereocenters. The van der Waals surface area contributed by atoms with Gasteiger partial charge in [0.15, 0.2) is 0 Å². The van der Waals surface area contributed by atoms with Crippen LogP contribution in [0.4, 0.5) is 0 Å². The Bertz CT molecular complexity index is 268. The lowest BCUT2D eigenvalue weighted by molar-refractivity contribution is 0.0138. The van der Waals surface area contributed by atoms with Gasteiger partial charge in [0.2, 0.25) is 0 Å². The molecule has 0 amide bonds. The van der Waals surface area contributed by atoms with E-state index in [0.717, 1.165) is 34.8 Å². The quantitative estimate of drug-likeness (QED) is 0.708. The molecule has 3 fully saturated rings. The van der Waals surface area contributed by atoms with E-state index in [9.17, 15) is 0 Å². The predicted octanol–water partition coefficient (Wildman–Crippen LogP) is 3.45. The smallest absolute Gasteiger partial charge is 0.145 e. The summed E-state index contributed by atoms with van der Waals surface area (Å²) in [6.45, 7) is 1.12. The Balaban J connectivity index is 1.81. The number of hydrogen-bond acceptors (Lipinski definition) is 1. The first-order valence-electron chi connectivity index (χ1n) is 8.36. The van der Waals surface area contributed by atoms with Crippen molar-refractivity contribution in [3.8, 4) is 0 Å². The third-order valence-electron chi connectivity index (χ3n) is 6.45. The highest BCUT2D eigenvalue weighted by atomic mass is 28.2. The summed E-state index contributed by atoms with van der Waals surface area (Å²) in [7, 11) is 0.934. The van der Waals surface area contributed by atoms with Crippen molar-refractivity contribution in [3.63, 3.8) is 0 Å². The van der Waals surface area contributed by atoms with E-state index >= 15 is 0 Å². The first-order chi connectivity index (χ1) is 8.87. The summed E-state index contributed by atoms with van der Waals surface area (Å²) in [6.07, 6.45) is 16.6. The molecule has 0 heterocycles. The van der Waals surface area contributed by atoms with E-state index in [1.807, 2.05) is 0 Å². The molecule has 3 aliphatic carbocycles. The fourth-order valence-electron chi connectivity index (χ4n) is 5.76. The molecule has 1 nitrogen and oxygen atoms in total. The van der Waals surface area contributed by atoms with Gasteiger partial charge >= 0.3 is 0 Å². The molecule has 0 aromatic carbocycles. The van der Waals surface area contributed by atoms with Crippen LogP contribution in [0.2, 0.25) is 0 Å². The lowest BCUT2D eigenvalue weighted by atomic mass is 9.63. The molecule has 2 heteroatoms. The number of rotatable bonds is 4. The fraction of sp³-hybridized carbons (Fsp3) is 1.00. The van der Waals surface area contributed by atoms with Gasteiger partial charge in [0.05, 0.1) is 0 Å². The summed E-state index contributed by atoms with van der Waals surface area (Å²) in [4.78, 5) is 0. The Morgan fingerprint density at radius 1 is 0.889 bits per heavy atom. The van der Waals surface area contributed by atoms with Gasteiger partial charge in [0.1, 0.15) is 10.5 Å². The molecule has 0 aromatic heterocycles. The normalized spacial score (nSPS) is 39.0. The Hall–Kier alpha value is 0.177. The van der Waals surface area contributed by atoms with Crippen molar-refractivity contribution in [3.05, 3.63) is 0 Å². The lowest BCUT2D eigenvalue weighted by Gasteiger charge is -2.43. The van der Waals surface area contributed by atoms with Crippen molar-refractivity contribution in [2.75, 3.05) is 6.61 Å². The van der Waals surface area contributed by atoms with E-state index in [-0.39, 0.29) is 0 Å². The molecule has 18 heavy (non-hydrogen) atoms. The monoisotopic (exact) mass is 266 g/mol. The minimum Gasteiger partial charge on any atom is -0.427 e. The van der Waals surface area contributed by atoms with Crippen molar-refractivity contribution in [2.45, 2.75) is 70.6 Å². The second kappa shape index (κ2) is 5.66. The standard InChI is InChI=1S/C16H30OSi/c18-17-12-16(14-8-3-4-9-14)11-5-10-15(16)13-6-1-2-7-13/h13-15H,1-12H2,18H3. The van der Waals surface area contributed by atoms with Crippen LogP contribution in [0.15, 0.2) is 0 Å². The summed E-state index contributed by atoms with van der Waals surface area (Å²) in [6, 6.07) is 0. The van der Waals surface area contributed by atoms with Gasteiger partial charge in [-0.1, -0.05) is 44.9 Å². The van der Waals surface area contributed by atoms with Crippen LogP contribution in [-0.4, -0.2) is 17.1 Å². The Kier molecular flexibility index (Phi) is 4.14. The van der Waals surface area contributed by atoms with Gasteiger partial charge in [0, 0.05) is 6.61 Å². The minimum absolute atomic E-state index is 0.618. The second-order valence-electron chi connectivity index (χ2n) is 7.19. The van der Waals surface area contributed by atoms with E-state index in [1.165, 1.54) is 70.6 Å².